The van der Waals surface area contributed by atoms with Crippen molar-refractivity contribution in [3.63, 3.8) is 0 Å². The minimum Gasteiger partial charge on any atom is -0.353 e. The maximum atomic E-state index is 4.44. The Bertz CT molecular complexity index is 415. The zero-order valence-corrected chi connectivity index (χ0v) is 12.3. The van der Waals surface area contributed by atoms with E-state index in [1.807, 2.05) is 12.3 Å². The molecule has 1 aliphatic heterocycles. The van der Waals surface area contributed by atoms with Crippen molar-refractivity contribution in [1.29, 1.82) is 0 Å². The molecule has 1 aliphatic rings. The van der Waals surface area contributed by atoms with E-state index in [0.29, 0.717) is 5.41 Å². The summed E-state index contributed by atoms with van der Waals surface area (Å²) in [6.07, 6.45) is 5.35. The molecule has 2 rings (SSSR count). The Morgan fingerprint density at radius 3 is 2.53 bits per heavy atom. The summed E-state index contributed by atoms with van der Waals surface area (Å²) in [4.78, 5) is 6.76. The second kappa shape index (κ2) is 4.81. The molecule has 0 bridgehead atoms. The highest BCUT2D eigenvalue weighted by Gasteiger charge is 2.21. The maximum absolute atomic E-state index is 4.44. The van der Waals surface area contributed by atoms with Gasteiger partial charge >= 0.3 is 0 Å². The molecule has 17 heavy (non-hydrogen) atoms. The third-order valence-corrected chi connectivity index (χ3v) is 3.68. The average molecular weight is 295 g/mol. The van der Waals surface area contributed by atoms with Crippen LogP contribution >= 0.6 is 15.9 Å². The smallest absolute Gasteiger partial charge is 0.128 e. The Morgan fingerprint density at radius 2 is 2.06 bits per heavy atom. The fourth-order valence-corrected chi connectivity index (χ4v) is 2.35. The van der Waals surface area contributed by atoms with E-state index in [2.05, 4.69) is 58.7 Å². The van der Waals surface area contributed by atoms with E-state index in [-0.39, 0.29) is 0 Å². The van der Waals surface area contributed by atoms with Crippen LogP contribution in [0.15, 0.2) is 34.5 Å². The van der Waals surface area contributed by atoms with E-state index in [9.17, 15) is 0 Å². The molecule has 2 nitrogen and oxygen atoms in total. The zero-order chi connectivity index (χ0) is 12.5. The van der Waals surface area contributed by atoms with Gasteiger partial charge < -0.3 is 4.90 Å². The molecular formula is C14H19BrN2. The van der Waals surface area contributed by atoms with Gasteiger partial charge in [0.1, 0.15) is 5.82 Å². The fraction of sp³-hybridized carbons (Fsp3) is 0.500. The van der Waals surface area contributed by atoms with E-state index in [0.717, 1.165) is 29.8 Å². The normalized spacial score (nSPS) is 16.9. The van der Waals surface area contributed by atoms with Crippen molar-refractivity contribution in [1.82, 2.24) is 4.98 Å². The predicted octanol–water partition coefficient (Wildman–Crippen LogP) is 4.03. The number of aromatic nitrogens is 1. The second-order valence-corrected chi connectivity index (χ2v) is 6.43. The molecule has 0 N–H and O–H groups in total. The van der Waals surface area contributed by atoms with Gasteiger partial charge in [-0.3, -0.25) is 0 Å². The SMILES string of the molecule is CC(C)(C)C1=CCN(c2ccc(Br)cn2)CC1. The zero-order valence-electron chi connectivity index (χ0n) is 10.7. The number of pyridine rings is 1. The first-order valence-electron chi connectivity index (χ1n) is 6.03. The molecule has 0 fully saturated rings. The van der Waals surface area contributed by atoms with E-state index >= 15 is 0 Å². The van der Waals surface area contributed by atoms with E-state index in [1.165, 1.54) is 0 Å². The van der Waals surface area contributed by atoms with Gasteiger partial charge in [-0.2, -0.15) is 0 Å². The molecule has 2 heterocycles. The first-order chi connectivity index (χ1) is 7.97. The van der Waals surface area contributed by atoms with Crippen molar-refractivity contribution in [2.45, 2.75) is 27.2 Å². The van der Waals surface area contributed by atoms with Crippen molar-refractivity contribution in [2.24, 2.45) is 5.41 Å². The number of hydrogen-bond acceptors (Lipinski definition) is 2. The largest absolute Gasteiger partial charge is 0.353 e. The quantitative estimate of drug-likeness (QED) is 0.727. The molecule has 0 unspecified atom stereocenters. The van der Waals surface area contributed by atoms with Gasteiger partial charge in [0.15, 0.2) is 0 Å². The van der Waals surface area contributed by atoms with Crippen LogP contribution in [0.1, 0.15) is 27.2 Å². The molecule has 0 amide bonds. The molecule has 0 aliphatic carbocycles. The van der Waals surface area contributed by atoms with Gasteiger partial charge in [-0.1, -0.05) is 32.4 Å². The first-order valence-corrected chi connectivity index (χ1v) is 6.82. The van der Waals surface area contributed by atoms with Gasteiger partial charge in [0.2, 0.25) is 0 Å². The maximum Gasteiger partial charge on any atom is 0.128 e. The lowest BCUT2D eigenvalue weighted by Gasteiger charge is -2.32. The minimum absolute atomic E-state index is 0.305. The fourth-order valence-electron chi connectivity index (χ4n) is 2.11. The van der Waals surface area contributed by atoms with Gasteiger partial charge in [-0.15, -0.1) is 0 Å². The van der Waals surface area contributed by atoms with Gasteiger partial charge in [0, 0.05) is 23.8 Å². The van der Waals surface area contributed by atoms with Gasteiger partial charge in [-0.25, -0.2) is 4.98 Å². The Morgan fingerprint density at radius 1 is 1.29 bits per heavy atom. The highest BCUT2D eigenvalue weighted by Crippen LogP contribution is 2.31. The molecule has 0 saturated carbocycles. The molecule has 0 spiro atoms. The van der Waals surface area contributed by atoms with Crippen LogP contribution in [-0.4, -0.2) is 18.1 Å². The Hall–Kier alpha value is -0.830. The van der Waals surface area contributed by atoms with Gasteiger partial charge in [-0.05, 0) is 39.9 Å². The summed E-state index contributed by atoms with van der Waals surface area (Å²) in [7, 11) is 0. The van der Waals surface area contributed by atoms with Crippen LogP contribution in [-0.2, 0) is 0 Å². The lowest BCUT2D eigenvalue weighted by Crippen LogP contribution is -2.31. The van der Waals surface area contributed by atoms with Gasteiger partial charge in [0.25, 0.3) is 0 Å². The highest BCUT2D eigenvalue weighted by molar-refractivity contribution is 9.10. The van der Waals surface area contributed by atoms with Crippen LogP contribution < -0.4 is 4.90 Å². The molecule has 3 heteroatoms. The van der Waals surface area contributed by atoms with Crippen molar-refractivity contribution in [3.8, 4) is 0 Å². The van der Waals surface area contributed by atoms with Crippen LogP contribution in [0.4, 0.5) is 5.82 Å². The number of hydrogen-bond donors (Lipinski definition) is 0. The number of halogens is 1. The molecule has 1 aromatic heterocycles. The minimum atomic E-state index is 0.305. The third kappa shape index (κ3) is 3.09. The molecular weight excluding hydrogens is 276 g/mol. The highest BCUT2D eigenvalue weighted by atomic mass is 79.9. The number of rotatable bonds is 1. The topological polar surface area (TPSA) is 16.1 Å². The third-order valence-electron chi connectivity index (χ3n) is 3.21. The summed E-state index contributed by atoms with van der Waals surface area (Å²) in [6.45, 7) is 8.89. The summed E-state index contributed by atoms with van der Waals surface area (Å²) >= 11 is 3.41. The Balaban J connectivity index is 2.09. The summed E-state index contributed by atoms with van der Waals surface area (Å²) in [5.74, 6) is 1.07. The van der Waals surface area contributed by atoms with Gasteiger partial charge in [0.05, 0.1) is 0 Å². The number of anilines is 1. The van der Waals surface area contributed by atoms with Crippen LogP contribution in [0.2, 0.25) is 0 Å². The number of nitrogens with zero attached hydrogens (tertiary/aromatic N) is 2. The molecule has 0 saturated heterocycles. The van der Waals surface area contributed by atoms with Crippen molar-refractivity contribution < 1.29 is 0 Å². The van der Waals surface area contributed by atoms with E-state index in [1.54, 1.807) is 5.57 Å². The van der Waals surface area contributed by atoms with E-state index in [4.69, 9.17) is 0 Å². The molecule has 0 radical (unpaired) electrons. The van der Waals surface area contributed by atoms with Crippen LogP contribution in [0.3, 0.4) is 0 Å². The average Bonchev–Trinajstić information content (AvgIpc) is 2.29. The predicted molar refractivity (Wildman–Crippen MR) is 76.3 cm³/mol. The summed E-state index contributed by atoms with van der Waals surface area (Å²) < 4.78 is 1.03. The van der Waals surface area contributed by atoms with Crippen LogP contribution in [0.5, 0.6) is 0 Å². The standard InChI is InChI=1S/C14H19BrN2/c1-14(2,3)11-6-8-17(9-7-11)13-5-4-12(15)10-16-13/h4-6,10H,7-9H2,1-3H3. The molecule has 0 atom stereocenters. The Kier molecular flexibility index (Phi) is 3.57. The van der Waals surface area contributed by atoms with Crippen molar-refractivity contribution in [3.05, 3.63) is 34.5 Å². The molecule has 1 aromatic rings. The Labute approximate surface area is 112 Å². The summed E-state index contributed by atoms with van der Waals surface area (Å²) in [6, 6.07) is 4.12. The summed E-state index contributed by atoms with van der Waals surface area (Å²) in [5, 5.41) is 0. The lowest BCUT2D eigenvalue weighted by molar-refractivity contribution is 0.472. The molecule has 92 valence electrons. The van der Waals surface area contributed by atoms with Crippen molar-refractivity contribution in [2.75, 3.05) is 18.0 Å². The van der Waals surface area contributed by atoms with Crippen molar-refractivity contribution >= 4 is 21.7 Å². The lowest BCUT2D eigenvalue weighted by atomic mass is 9.83. The molecule has 0 aromatic carbocycles. The second-order valence-electron chi connectivity index (χ2n) is 5.51. The van der Waals surface area contributed by atoms with Crippen LogP contribution in [0, 0.1) is 5.41 Å². The summed E-state index contributed by atoms with van der Waals surface area (Å²) in [5.41, 5.74) is 1.87. The van der Waals surface area contributed by atoms with Crippen LogP contribution in [0.25, 0.3) is 0 Å². The monoisotopic (exact) mass is 294 g/mol. The van der Waals surface area contributed by atoms with E-state index < -0.39 is 0 Å². The first kappa shape index (κ1) is 12.6.